The van der Waals surface area contributed by atoms with Crippen LogP contribution in [0.1, 0.15) is 23.7 Å². The van der Waals surface area contributed by atoms with Crippen molar-refractivity contribution in [3.8, 4) is 5.75 Å². The Morgan fingerprint density at radius 1 is 1.28 bits per heavy atom. The van der Waals surface area contributed by atoms with Gasteiger partial charge in [-0.25, -0.2) is 8.42 Å². The summed E-state index contributed by atoms with van der Waals surface area (Å²) in [7, 11) is -1.61. The zero-order chi connectivity index (χ0) is 18.2. The van der Waals surface area contributed by atoms with E-state index < -0.39 is 9.84 Å². The number of benzene rings is 1. The Kier molecular flexibility index (Phi) is 5.27. The van der Waals surface area contributed by atoms with E-state index >= 15 is 0 Å². The summed E-state index contributed by atoms with van der Waals surface area (Å²) in [6.07, 6.45) is 0.964. The lowest BCUT2D eigenvalue weighted by atomic mass is 10.0. The van der Waals surface area contributed by atoms with E-state index in [4.69, 9.17) is 16.3 Å². The molecule has 25 heavy (non-hydrogen) atoms. The van der Waals surface area contributed by atoms with Crippen LogP contribution in [0.2, 0.25) is 5.02 Å². The molecule has 2 saturated heterocycles. The summed E-state index contributed by atoms with van der Waals surface area (Å²) in [5.74, 6) is 0.498. The van der Waals surface area contributed by atoms with Gasteiger partial charge in [0.15, 0.2) is 9.84 Å². The number of hydrogen-bond acceptors (Lipinski definition) is 5. The van der Waals surface area contributed by atoms with Crippen molar-refractivity contribution in [2.75, 3.05) is 38.2 Å². The number of carbonyl (C=O) groups is 1. The van der Waals surface area contributed by atoms with Crippen molar-refractivity contribution in [2.45, 2.75) is 25.4 Å². The van der Waals surface area contributed by atoms with E-state index in [9.17, 15) is 13.2 Å². The maximum absolute atomic E-state index is 13.0. The molecule has 0 bridgehead atoms. The predicted molar refractivity (Wildman–Crippen MR) is 97.1 cm³/mol. The Labute approximate surface area is 153 Å². The number of sulfone groups is 1. The van der Waals surface area contributed by atoms with Gasteiger partial charge in [-0.2, -0.15) is 0 Å². The van der Waals surface area contributed by atoms with E-state index in [1.54, 1.807) is 23.1 Å². The predicted octanol–water partition coefficient (Wildman–Crippen LogP) is 1.68. The van der Waals surface area contributed by atoms with Crippen molar-refractivity contribution in [3.63, 3.8) is 0 Å². The molecule has 0 N–H and O–H groups in total. The van der Waals surface area contributed by atoms with Crippen LogP contribution >= 0.6 is 11.6 Å². The minimum Gasteiger partial charge on any atom is -0.495 e. The Morgan fingerprint density at radius 3 is 2.64 bits per heavy atom. The quantitative estimate of drug-likeness (QED) is 0.787. The molecule has 138 valence electrons. The number of methoxy groups -OCH3 is 1. The SMILES string of the molecule is CCCN1CCN(C(=O)c2ccc(OC)c(Cl)c2)[C@@H]2CS(=O)(=O)C[C@@H]21. The van der Waals surface area contributed by atoms with E-state index in [2.05, 4.69) is 11.8 Å². The van der Waals surface area contributed by atoms with Gasteiger partial charge in [0.2, 0.25) is 0 Å². The Bertz CT molecular complexity index is 768. The number of carbonyl (C=O) groups excluding carboxylic acids is 1. The van der Waals surface area contributed by atoms with Crippen LogP contribution in [0, 0.1) is 0 Å². The Hall–Kier alpha value is -1.31. The number of ether oxygens (including phenoxy) is 1. The van der Waals surface area contributed by atoms with Crippen LogP contribution in [0.15, 0.2) is 18.2 Å². The molecule has 1 aromatic carbocycles. The van der Waals surface area contributed by atoms with E-state index in [0.29, 0.717) is 29.4 Å². The normalized spacial score (nSPS) is 25.6. The molecule has 2 aliphatic rings. The molecule has 0 spiro atoms. The summed E-state index contributed by atoms with van der Waals surface area (Å²) in [5, 5.41) is 0.369. The van der Waals surface area contributed by atoms with Crippen LogP contribution in [0.25, 0.3) is 0 Å². The smallest absolute Gasteiger partial charge is 0.254 e. The fourth-order valence-electron chi connectivity index (χ4n) is 3.81. The summed E-state index contributed by atoms with van der Waals surface area (Å²) in [4.78, 5) is 16.9. The molecule has 1 aromatic rings. The van der Waals surface area contributed by atoms with Crippen molar-refractivity contribution in [2.24, 2.45) is 0 Å². The van der Waals surface area contributed by atoms with Crippen LogP contribution in [0.4, 0.5) is 0 Å². The molecule has 2 heterocycles. The maximum atomic E-state index is 13.0. The van der Waals surface area contributed by atoms with E-state index in [0.717, 1.165) is 13.0 Å². The Balaban J connectivity index is 1.87. The average Bonchev–Trinajstić information content (AvgIpc) is 2.90. The third-order valence-corrected chi connectivity index (χ3v) is 6.96. The van der Waals surface area contributed by atoms with Crippen LogP contribution in [-0.2, 0) is 9.84 Å². The van der Waals surface area contributed by atoms with Crippen molar-refractivity contribution < 1.29 is 17.9 Å². The van der Waals surface area contributed by atoms with Crippen molar-refractivity contribution in [3.05, 3.63) is 28.8 Å². The molecule has 2 fully saturated rings. The van der Waals surface area contributed by atoms with Gasteiger partial charge < -0.3 is 9.64 Å². The molecule has 6 nitrogen and oxygen atoms in total. The van der Waals surface area contributed by atoms with Gasteiger partial charge in [0, 0.05) is 24.7 Å². The number of nitrogens with zero attached hydrogens (tertiary/aromatic N) is 2. The summed E-state index contributed by atoms with van der Waals surface area (Å²) >= 11 is 6.13. The lowest BCUT2D eigenvalue weighted by molar-refractivity contribution is 0.0333. The summed E-state index contributed by atoms with van der Waals surface area (Å²) in [6, 6.07) is 4.50. The summed E-state index contributed by atoms with van der Waals surface area (Å²) < 4.78 is 29.5. The van der Waals surface area contributed by atoms with E-state index in [-0.39, 0.29) is 29.5 Å². The first-order valence-corrected chi connectivity index (χ1v) is 10.6. The molecule has 8 heteroatoms. The molecule has 1 amide bonds. The monoisotopic (exact) mass is 386 g/mol. The number of hydrogen-bond donors (Lipinski definition) is 0. The van der Waals surface area contributed by atoms with Gasteiger partial charge in [-0.15, -0.1) is 0 Å². The van der Waals surface area contributed by atoms with Gasteiger partial charge in [-0.1, -0.05) is 18.5 Å². The molecular formula is C17H23ClN2O4S. The zero-order valence-electron chi connectivity index (χ0n) is 14.4. The first-order valence-electron chi connectivity index (χ1n) is 8.45. The minimum atomic E-state index is -3.13. The van der Waals surface area contributed by atoms with E-state index in [1.165, 1.54) is 7.11 Å². The largest absolute Gasteiger partial charge is 0.495 e. The lowest BCUT2D eigenvalue weighted by Crippen LogP contribution is -2.60. The third-order valence-electron chi connectivity index (χ3n) is 4.96. The maximum Gasteiger partial charge on any atom is 0.254 e. The van der Waals surface area contributed by atoms with Crippen molar-refractivity contribution in [1.82, 2.24) is 9.80 Å². The number of rotatable bonds is 4. The number of halogens is 1. The Morgan fingerprint density at radius 2 is 2.00 bits per heavy atom. The van der Waals surface area contributed by atoms with Crippen LogP contribution in [0.3, 0.4) is 0 Å². The molecule has 0 radical (unpaired) electrons. The topological polar surface area (TPSA) is 66.9 Å². The molecule has 0 saturated carbocycles. The second-order valence-electron chi connectivity index (χ2n) is 6.60. The van der Waals surface area contributed by atoms with Crippen molar-refractivity contribution >= 4 is 27.3 Å². The molecule has 2 aliphatic heterocycles. The summed E-state index contributed by atoms with van der Waals surface area (Å²) in [6.45, 7) is 4.15. The van der Waals surface area contributed by atoms with Crippen LogP contribution in [0.5, 0.6) is 5.75 Å². The number of fused-ring (bicyclic) bond motifs is 1. The van der Waals surface area contributed by atoms with E-state index in [1.807, 2.05) is 0 Å². The van der Waals surface area contributed by atoms with Crippen molar-refractivity contribution in [1.29, 1.82) is 0 Å². The number of amides is 1. The molecule has 2 atom stereocenters. The highest BCUT2D eigenvalue weighted by Crippen LogP contribution is 2.30. The van der Waals surface area contributed by atoms with Gasteiger partial charge in [-0.05, 0) is 31.2 Å². The van der Waals surface area contributed by atoms with Gasteiger partial charge >= 0.3 is 0 Å². The highest BCUT2D eigenvalue weighted by atomic mass is 35.5. The van der Waals surface area contributed by atoms with Crippen LogP contribution < -0.4 is 4.74 Å². The highest BCUT2D eigenvalue weighted by Gasteiger charge is 2.47. The minimum absolute atomic E-state index is 0.0352. The third kappa shape index (κ3) is 3.64. The first kappa shape index (κ1) is 18.5. The van der Waals surface area contributed by atoms with Gasteiger partial charge in [0.05, 0.1) is 29.7 Å². The molecular weight excluding hydrogens is 364 g/mol. The van der Waals surface area contributed by atoms with Gasteiger partial charge in [0.25, 0.3) is 5.91 Å². The molecule has 3 rings (SSSR count). The highest BCUT2D eigenvalue weighted by molar-refractivity contribution is 7.91. The second kappa shape index (κ2) is 7.13. The molecule has 0 aliphatic carbocycles. The summed E-state index contributed by atoms with van der Waals surface area (Å²) in [5.41, 5.74) is 0.456. The van der Waals surface area contributed by atoms with Crippen LogP contribution in [-0.4, -0.2) is 74.5 Å². The average molecular weight is 387 g/mol. The number of piperazine rings is 1. The van der Waals surface area contributed by atoms with Gasteiger partial charge in [-0.3, -0.25) is 9.69 Å². The first-order chi connectivity index (χ1) is 11.9. The molecule has 0 aromatic heterocycles. The standard InChI is InChI=1S/C17H23ClN2O4S/c1-3-6-19-7-8-20(15-11-25(22,23)10-14(15)19)17(21)12-4-5-16(24-2)13(18)9-12/h4-5,9,14-15H,3,6-8,10-11H2,1-2H3/t14-,15+/m0/s1. The lowest BCUT2D eigenvalue weighted by Gasteiger charge is -2.44. The fourth-order valence-corrected chi connectivity index (χ4v) is 6.08. The fraction of sp³-hybridized carbons (Fsp3) is 0.588. The van der Waals surface area contributed by atoms with Gasteiger partial charge in [0.1, 0.15) is 5.75 Å². The zero-order valence-corrected chi connectivity index (χ0v) is 16.0. The second-order valence-corrected chi connectivity index (χ2v) is 9.16. The molecule has 0 unspecified atom stereocenters.